The van der Waals surface area contributed by atoms with Gasteiger partial charge in [0, 0.05) is 19.3 Å². The van der Waals surface area contributed by atoms with Gasteiger partial charge in [0.1, 0.15) is 11.6 Å². The second-order valence-electron chi connectivity index (χ2n) is 5.63. The molecular weight excluding hydrogens is 262 g/mol. The summed E-state index contributed by atoms with van der Waals surface area (Å²) in [4.78, 5) is 6.90. The first-order chi connectivity index (χ1) is 10.1. The molecule has 0 fully saturated rings. The summed E-state index contributed by atoms with van der Waals surface area (Å²) in [5, 5.41) is 3.38. The molecule has 0 radical (unpaired) electrons. The minimum Gasteiger partial charge on any atom is -0.467 e. The summed E-state index contributed by atoms with van der Waals surface area (Å²) >= 11 is 0. The Morgan fingerprint density at radius 1 is 1.33 bits per heavy atom. The second-order valence-corrected chi connectivity index (χ2v) is 5.63. The van der Waals surface area contributed by atoms with Crippen molar-refractivity contribution in [2.45, 2.75) is 39.8 Å². The van der Waals surface area contributed by atoms with Crippen molar-refractivity contribution in [2.24, 2.45) is 0 Å². The predicted molar refractivity (Wildman–Crippen MR) is 86.5 cm³/mol. The van der Waals surface area contributed by atoms with E-state index in [1.54, 1.807) is 6.26 Å². The second kappa shape index (κ2) is 7.27. The molecule has 21 heavy (non-hydrogen) atoms. The van der Waals surface area contributed by atoms with E-state index in [-0.39, 0.29) is 0 Å². The van der Waals surface area contributed by atoms with E-state index in [0.717, 1.165) is 36.9 Å². The summed E-state index contributed by atoms with van der Waals surface area (Å²) in [6.45, 7) is 9.04. The zero-order valence-corrected chi connectivity index (χ0v) is 13.4. The molecule has 0 atom stereocenters. The first kappa shape index (κ1) is 15.6. The Balaban J connectivity index is 2.21. The van der Waals surface area contributed by atoms with Crippen LogP contribution in [0.5, 0.6) is 0 Å². The number of hydrogen-bond donors (Lipinski definition) is 1. The fraction of sp³-hybridized carbons (Fsp3) is 0.471. The first-order valence-electron chi connectivity index (χ1n) is 7.55. The Labute approximate surface area is 127 Å². The summed E-state index contributed by atoms with van der Waals surface area (Å²) in [5.74, 6) is 2.36. The molecule has 0 saturated heterocycles. The highest BCUT2D eigenvalue weighted by Gasteiger charge is 2.10. The Hall–Kier alpha value is -1.81. The number of anilines is 1. The van der Waals surface area contributed by atoms with Crippen molar-refractivity contribution in [3.8, 4) is 0 Å². The maximum Gasteiger partial charge on any atom is 0.129 e. The lowest BCUT2D eigenvalue weighted by molar-refractivity contribution is 0.506. The molecular formula is C17H25N3O. The first-order valence-corrected chi connectivity index (χ1v) is 7.55. The molecule has 0 spiro atoms. The van der Waals surface area contributed by atoms with Crippen molar-refractivity contribution in [3.63, 3.8) is 0 Å². The van der Waals surface area contributed by atoms with Crippen LogP contribution in [0.3, 0.4) is 0 Å². The Bertz CT molecular complexity index is 549. The third kappa shape index (κ3) is 4.33. The maximum absolute atomic E-state index is 5.42. The van der Waals surface area contributed by atoms with Gasteiger partial charge in [0.15, 0.2) is 0 Å². The van der Waals surface area contributed by atoms with E-state index < -0.39 is 0 Å². The number of pyridine rings is 1. The summed E-state index contributed by atoms with van der Waals surface area (Å²) in [6, 6.07) is 8.25. The van der Waals surface area contributed by atoms with Crippen LogP contribution >= 0.6 is 0 Å². The van der Waals surface area contributed by atoms with Crippen LogP contribution < -0.4 is 10.2 Å². The average Bonchev–Trinajstić information content (AvgIpc) is 2.97. The highest BCUT2D eigenvalue weighted by atomic mass is 16.3. The fourth-order valence-corrected chi connectivity index (χ4v) is 2.17. The van der Waals surface area contributed by atoms with Gasteiger partial charge in [-0.15, -0.1) is 0 Å². The van der Waals surface area contributed by atoms with Gasteiger partial charge in [0.05, 0.1) is 12.8 Å². The van der Waals surface area contributed by atoms with Crippen LogP contribution in [-0.2, 0) is 13.1 Å². The zero-order valence-electron chi connectivity index (χ0n) is 13.4. The van der Waals surface area contributed by atoms with Gasteiger partial charge >= 0.3 is 0 Å². The third-order valence-electron chi connectivity index (χ3n) is 3.43. The molecule has 4 nitrogen and oxygen atoms in total. The minimum atomic E-state index is 0.419. The highest BCUT2D eigenvalue weighted by molar-refractivity contribution is 5.43. The van der Waals surface area contributed by atoms with E-state index in [2.05, 4.69) is 43.1 Å². The standard InChI is InChI=1S/C17H25N3O/c1-5-18-11-14-9-16(13(2)3)19-17(10-14)20(4)12-15-7-6-8-21-15/h6-10,13,18H,5,11-12H2,1-4H3. The Morgan fingerprint density at radius 3 is 2.76 bits per heavy atom. The number of furan rings is 1. The van der Waals surface area contributed by atoms with E-state index in [1.807, 2.05) is 19.2 Å². The SMILES string of the molecule is CCNCc1cc(C(C)C)nc(N(C)Cc2ccco2)c1. The van der Waals surface area contributed by atoms with Gasteiger partial charge in [0.2, 0.25) is 0 Å². The summed E-state index contributed by atoms with van der Waals surface area (Å²) in [7, 11) is 2.05. The van der Waals surface area contributed by atoms with E-state index in [1.165, 1.54) is 5.56 Å². The van der Waals surface area contributed by atoms with Crippen LogP contribution in [0, 0.1) is 0 Å². The zero-order chi connectivity index (χ0) is 15.2. The third-order valence-corrected chi connectivity index (χ3v) is 3.43. The lowest BCUT2D eigenvalue weighted by atomic mass is 10.1. The molecule has 2 heterocycles. The van der Waals surface area contributed by atoms with Gasteiger partial charge in [-0.05, 0) is 42.3 Å². The number of nitrogens with zero attached hydrogens (tertiary/aromatic N) is 2. The van der Waals surface area contributed by atoms with Crippen LogP contribution in [-0.4, -0.2) is 18.6 Å². The van der Waals surface area contributed by atoms with E-state index >= 15 is 0 Å². The van der Waals surface area contributed by atoms with Crippen molar-refractivity contribution in [3.05, 3.63) is 47.5 Å². The van der Waals surface area contributed by atoms with E-state index in [0.29, 0.717) is 5.92 Å². The van der Waals surface area contributed by atoms with E-state index in [9.17, 15) is 0 Å². The van der Waals surface area contributed by atoms with Crippen molar-refractivity contribution >= 4 is 5.82 Å². The topological polar surface area (TPSA) is 41.3 Å². The predicted octanol–water partition coefficient (Wildman–Crippen LogP) is 3.54. The van der Waals surface area contributed by atoms with Crippen molar-refractivity contribution < 1.29 is 4.42 Å². The largest absolute Gasteiger partial charge is 0.467 e. The summed E-state index contributed by atoms with van der Waals surface area (Å²) in [6.07, 6.45) is 1.71. The molecule has 0 saturated carbocycles. The van der Waals surface area contributed by atoms with Gasteiger partial charge in [-0.25, -0.2) is 4.98 Å². The number of rotatable bonds is 7. The Kier molecular flexibility index (Phi) is 5.39. The minimum absolute atomic E-state index is 0.419. The summed E-state index contributed by atoms with van der Waals surface area (Å²) < 4.78 is 5.42. The highest BCUT2D eigenvalue weighted by Crippen LogP contribution is 2.21. The Morgan fingerprint density at radius 2 is 2.14 bits per heavy atom. The molecule has 0 aliphatic rings. The molecule has 2 aromatic heterocycles. The lowest BCUT2D eigenvalue weighted by Gasteiger charge is -2.20. The number of aromatic nitrogens is 1. The van der Waals surface area contributed by atoms with Gasteiger partial charge in [-0.3, -0.25) is 0 Å². The quantitative estimate of drug-likeness (QED) is 0.845. The lowest BCUT2D eigenvalue weighted by Crippen LogP contribution is -2.19. The fourth-order valence-electron chi connectivity index (χ4n) is 2.17. The van der Waals surface area contributed by atoms with Gasteiger partial charge in [-0.2, -0.15) is 0 Å². The van der Waals surface area contributed by atoms with Crippen LogP contribution in [0.15, 0.2) is 34.9 Å². The van der Waals surface area contributed by atoms with Crippen molar-refractivity contribution in [1.82, 2.24) is 10.3 Å². The van der Waals surface area contributed by atoms with Crippen LogP contribution in [0.25, 0.3) is 0 Å². The van der Waals surface area contributed by atoms with Crippen molar-refractivity contribution in [1.29, 1.82) is 0 Å². The van der Waals surface area contributed by atoms with Gasteiger partial charge in [-0.1, -0.05) is 20.8 Å². The molecule has 0 unspecified atom stereocenters. The monoisotopic (exact) mass is 287 g/mol. The van der Waals surface area contributed by atoms with E-state index in [4.69, 9.17) is 9.40 Å². The van der Waals surface area contributed by atoms with Gasteiger partial charge < -0.3 is 14.6 Å². The molecule has 0 amide bonds. The average molecular weight is 287 g/mol. The molecule has 2 rings (SSSR count). The molecule has 0 aliphatic carbocycles. The summed E-state index contributed by atoms with van der Waals surface area (Å²) in [5.41, 5.74) is 2.41. The normalized spacial score (nSPS) is 11.1. The molecule has 1 N–H and O–H groups in total. The molecule has 0 aliphatic heterocycles. The number of hydrogen-bond acceptors (Lipinski definition) is 4. The van der Waals surface area contributed by atoms with Gasteiger partial charge in [0.25, 0.3) is 0 Å². The molecule has 2 aromatic rings. The van der Waals surface area contributed by atoms with Crippen LogP contribution in [0.1, 0.15) is 43.7 Å². The molecule has 114 valence electrons. The van der Waals surface area contributed by atoms with Crippen LogP contribution in [0.4, 0.5) is 5.82 Å². The van der Waals surface area contributed by atoms with Crippen LogP contribution in [0.2, 0.25) is 0 Å². The number of nitrogens with one attached hydrogen (secondary N) is 1. The smallest absolute Gasteiger partial charge is 0.129 e. The maximum atomic E-state index is 5.42. The molecule has 0 bridgehead atoms. The molecule has 0 aromatic carbocycles. The molecule has 4 heteroatoms. The van der Waals surface area contributed by atoms with Crippen molar-refractivity contribution in [2.75, 3.05) is 18.5 Å².